The Morgan fingerprint density at radius 2 is 2.03 bits per heavy atom. The Morgan fingerprint density at radius 3 is 2.77 bits per heavy atom. The molecule has 0 spiro atoms. The van der Waals surface area contributed by atoms with Gasteiger partial charge >= 0.3 is 0 Å². The Morgan fingerprint density at radius 1 is 1.19 bits per heavy atom. The van der Waals surface area contributed by atoms with Crippen LogP contribution in [0.25, 0.3) is 10.9 Å². The van der Waals surface area contributed by atoms with Crippen molar-refractivity contribution in [2.45, 2.75) is 46.3 Å². The number of nitrogens with one attached hydrogen (secondary N) is 2. The molecule has 1 aliphatic rings. The smallest absolute Gasteiger partial charge is 0.253 e. The van der Waals surface area contributed by atoms with Crippen LogP contribution in [0.2, 0.25) is 0 Å². The topological polar surface area (TPSA) is 57.4 Å². The molecule has 4 rings (SSSR count). The third kappa shape index (κ3) is 5.14. The maximum atomic E-state index is 12.9. The largest absolute Gasteiger partial charge is 0.376 e. The second-order valence-electron chi connectivity index (χ2n) is 8.48. The van der Waals surface area contributed by atoms with Crippen molar-refractivity contribution in [3.8, 4) is 0 Å². The van der Waals surface area contributed by atoms with Crippen molar-refractivity contribution in [1.29, 1.82) is 0 Å². The van der Waals surface area contributed by atoms with E-state index in [9.17, 15) is 4.79 Å². The molecule has 2 N–H and O–H groups in total. The van der Waals surface area contributed by atoms with Gasteiger partial charge in [-0.3, -0.25) is 4.79 Å². The van der Waals surface area contributed by atoms with Crippen LogP contribution in [-0.4, -0.2) is 34.3 Å². The van der Waals surface area contributed by atoms with Gasteiger partial charge in [-0.15, -0.1) is 0 Å². The first kappa shape index (κ1) is 21.5. The van der Waals surface area contributed by atoms with Crippen LogP contribution >= 0.6 is 12.2 Å². The lowest BCUT2D eigenvalue weighted by atomic mass is 10.1. The highest BCUT2D eigenvalue weighted by atomic mass is 32.1. The predicted octanol–water partition coefficient (Wildman–Crippen LogP) is 4.83. The van der Waals surface area contributed by atoms with Crippen LogP contribution in [-0.2, 0) is 11.3 Å². The molecule has 0 amide bonds. The minimum absolute atomic E-state index is 0.0739. The van der Waals surface area contributed by atoms with Crippen LogP contribution in [0.4, 0.5) is 5.69 Å². The minimum Gasteiger partial charge on any atom is -0.376 e. The number of aromatic nitrogens is 1. The Hall–Kier alpha value is -2.70. The number of rotatable bonds is 5. The summed E-state index contributed by atoms with van der Waals surface area (Å²) in [6.07, 6.45) is 2.20. The number of nitrogens with zero attached hydrogens (tertiary/aromatic N) is 1. The fraction of sp³-hybridized carbons (Fsp3) is 0.360. The molecule has 2 aromatic carbocycles. The van der Waals surface area contributed by atoms with Crippen molar-refractivity contribution < 1.29 is 4.74 Å². The van der Waals surface area contributed by atoms with E-state index in [1.807, 2.05) is 30.0 Å². The van der Waals surface area contributed by atoms with Crippen molar-refractivity contribution in [2.75, 3.05) is 18.5 Å². The average molecular weight is 436 g/mol. The van der Waals surface area contributed by atoms with Gasteiger partial charge in [-0.2, -0.15) is 0 Å². The van der Waals surface area contributed by atoms with Gasteiger partial charge in [0.1, 0.15) is 0 Å². The molecule has 1 saturated heterocycles. The molecule has 1 atom stereocenters. The van der Waals surface area contributed by atoms with Gasteiger partial charge < -0.3 is 19.9 Å². The van der Waals surface area contributed by atoms with E-state index >= 15 is 0 Å². The molecule has 0 unspecified atom stereocenters. The van der Waals surface area contributed by atoms with Gasteiger partial charge in [-0.25, -0.2) is 0 Å². The Balaban J connectivity index is 1.62. The number of fused-ring (bicyclic) bond motifs is 1. The van der Waals surface area contributed by atoms with E-state index in [1.54, 1.807) is 0 Å². The van der Waals surface area contributed by atoms with Crippen LogP contribution in [0.5, 0.6) is 0 Å². The maximum absolute atomic E-state index is 12.9. The first-order valence-corrected chi connectivity index (χ1v) is 11.2. The summed E-state index contributed by atoms with van der Waals surface area (Å²) in [6.45, 7) is 8.01. The van der Waals surface area contributed by atoms with Gasteiger partial charge in [0.25, 0.3) is 5.56 Å². The zero-order valence-corrected chi connectivity index (χ0v) is 19.1. The second-order valence-corrected chi connectivity index (χ2v) is 8.87. The molecule has 0 bridgehead atoms. The van der Waals surface area contributed by atoms with Gasteiger partial charge in [0.15, 0.2) is 5.11 Å². The number of H-pyrrole nitrogens is 1. The lowest BCUT2D eigenvalue weighted by Crippen LogP contribution is -2.40. The Labute approximate surface area is 188 Å². The summed E-state index contributed by atoms with van der Waals surface area (Å²) in [5, 5.41) is 4.98. The number of benzene rings is 2. The summed E-state index contributed by atoms with van der Waals surface area (Å²) in [6, 6.07) is 14.3. The summed E-state index contributed by atoms with van der Waals surface area (Å²) in [5.41, 5.74) is 5.88. The number of pyridine rings is 1. The fourth-order valence-corrected chi connectivity index (χ4v) is 4.49. The summed E-state index contributed by atoms with van der Waals surface area (Å²) in [4.78, 5) is 18.0. The number of hydrogen-bond donors (Lipinski definition) is 2. The first-order chi connectivity index (χ1) is 14.9. The summed E-state index contributed by atoms with van der Waals surface area (Å²) in [7, 11) is 0. The molecule has 0 radical (unpaired) electrons. The van der Waals surface area contributed by atoms with E-state index in [-0.39, 0.29) is 11.7 Å². The Bertz CT molecular complexity index is 1170. The zero-order valence-electron chi connectivity index (χ0n) is 18.3. The predicted molar refractivity (Wildman–Crippen MR) is 131 cm³/mol. The van der Waals surface area contributed by atoms with Crippen molar-refractivity contribution in [2.24, 2.45) is 0 Å². The molecule has 0 aliphatic carbocycles. The number of aryl methyl sites for hydroxylation is 3. The standard InChI is InChI=1S/C25H29N3O2S/c1-16-6-4-7-21(12-16)26-25(31)28(15-22-8-5-9-30-22)14-20-13-19-11-17(2)10-18(3)23(19)27-24(20)29/h4,6-7,10-13,22H,5,8-9,14-15H2,1-3H3,(H,26,31)(H,27,29)/t22-/m1/s1. The molecule has 162 valence electrons. The van der Waals surface area contributed by atoms with E-state index in [1.165, 1.54) is 5.56 Å². The van der Waals surface area contributed by atoms with Gasteiger partial charge in [0, 0.05) is 24.4 Å². The average Bonchev–Trinajstić information content (AvgIpc) is 3.22. The van der Waals surface area contributed by atoms with Crippen LogP contribution in [0.15, 0.2) is 47.3 Å². The minimum atomic E-state index is -0.0739. The van der Waals surface area contributed by atoms with Crippen molar-refractivity contribution in [3.05, 3.63) is 75.1 Å². The SMILES string of the molecule is Cc1cccc(NC(=S)N(Cc2cc3cc(C)cc(C)c3[nH]c2=O)C[C@H]2CCCO2)c1. The molecular weight excluding hydrogens is 406 g/mol. The van der Waals surface area contributed by atoms with E-state index in [0.29, 0.717) is 23.8 Å². The quantitative estimate of drug-likeness (QED) is 0.562. The van der Waals surface area contributed by atoms with Crippen LogP contribution in [0.3, 0.4) is 0 Å². The van der Waals surface area contributed by atoms with E-state index in [4.69, 9.17) is 17.0 Å². The number of anilines is 1. The molecule has 0 saturated carbocycles. The molecule has 3 aromatic rings. The normalized spacial score (nSPS) is 15.9. The number of ether oxygens (including phenoxy) is 1. The van der Waals surface area contributed by atoms with E-state index < -0.39 is 0 Å². The number of aromatic amines is 1. The third-order valence-electron chi connectivity index (χ3n) is 5.74. The first-order valence-electron chi connectivity index (χ1n) is 10.8. The van der Waals surface area contributed by atoms with Crippen LogP contribution in [0, 0.1) is 20.8 Å². The van der Waals surface area contributed by atoms with Crippen LogP contribution in [0.1, 0.15) is 35.1 Å². The maximum Gasteiger partial charge on any atom is 0.253 e. The highest BCUT2D eigenvalue weighted by Crippen LogP contribution is 2.20. The van der Waals surface area contributed by atoms with Crippen molar-refractivity contribution >= 4 is 33.9 Å². The molecule has 1 aromatic heterocycles. The van der Waals surface area contributed by atoms with Gasteiger partial charge in [0.05, 0.1) is 18.2 Å². The molecule has 5 nitrogen and oxygen atoms in total. The van der Waals surface area contributed by atoms with Crippen molar-refractivity contribution in [1.82, 2.24) is 9.88 Å². The summed E-state index contributed by atoms with van der Waals surface area (Å²) in [5.74, 6) is 0. The molecule has 2 heterocycles. The van der Waals surface area contributed by atoms with Crippen LogP contribution < -0.4 is 10.9 Å². The highest BCUT2D eigenvalue weighted by molar-refractivity contribution is 7.80. The van der Waals surface area contributed by atoms with Gasteiger partial charge in [-0.1, -0.05) is 23.8 Å². The molecule has 1 fully saturated rings. The molecule has 31 heavy (non-hydrogen) atoms. The monoisotopic (exact) mass is 435 g/mol. The lowest BCUT2D eigenvalue weighted by Gasteiger charge is -2.28. The fourth-order valence-electron chi connectivity index (χ4n) is 4.23. The lowest BCUT2D eigenvalue weighted by molar-refractivity contribution is 0.0904. The second kappa shape index (κ2) is 9.20. The molecule has 6 heteroatoms. The third-order valence-corrected chi connectivity index (χ3v) is 6.10. The number of thiocarbonyl (C=S) groups is 1. The van der Waals surface area contributed by atoms with E-state index in [0.717, 1.165) is 47.2 Å². The highest BCUT2D eigenvalue weighted by Gasteiger charge is 2.22. The molecule has 1 aliphatic heterocycles. The summed E-state index contributed by atoms with van der Waals surface area (Å²) < 4.78 is 5.86. The number of hydrogen-bond acceptors (Lipinski definition) is 3. The summed E-state index contributed by atoms with van der Waals surface area (Å²) >= 11 is 5.76. The zero-order chi connectivity index (χ0) is 22.0. The van der Waals surface area contributed by atoms with Gasteiger partial charge in [-0.05, 0) is 86.6 Å². The van der Waals surface area contributed by atoms with E-state index in [2.05, 4.69) is 48.4 Å². The van der Waals surface area contributed by atoms with Crippen molar-refractivity contribution in [3.63, 3.8) is 0 Å². The Kier molecular flexibility index (Phi) is 6.39. The molecular formula is C25H29N3O2S. The van der Waals surface area contributed by atoms with Gasteiger partial charge in [0.2, 0.25) is 0 Å².